The Morgan fingerprint density at radius 1 is 1.44 bits per heavy atom. The second kappa shape index (κ2) is 8.03. The molecule has 3 aliphatic rings. The average Bonchev–Trinajstić information content (AvgIpc) is 3.29. The SMILES string of the molecule is N#Cc1ccc(O[C@@H]2CCOC[C@H]2NC(=O)CC2=CSC3=NCCN23)cc1. The van der Waals surface area contributed by atoms with E-state index < -0.39 is 0 Å². The lowest BCUT2D eigenvalue weighted by molar-refractivity contribution is -0.123. The molecule has 0 spiro atoms. The molecule has 1 aromatic rings. The summed E-state index contributed by atoms with van der Waals surface area (Å²) in [5.41, 5.74) is 1.58. The van der Waals surface area contributed by atoms with Crippen LogP contribution in [0.4, 0.5) is 0 Å². The smallest absolute Gasteiger partial charge is 0.226 e. The normalized spacial score (nSPS) is 23.9. The van der Waals surface area contributed by atoms with Crippen LogP contribution < -0.4 is 10.1 Å². The van der Waals surface area contributed by atoms with Crippen molar-refractivity contribution >= 4 is 22.8 Å². The lowest BCUT2D eigenvalue weighted by Crippen LogP contribution is -2.52. The quantitative estimate of drug-likeness (QED) is 0.834. The van der Waals surface area contributed by atoms with E-state index >= 15 is 0 Å². The molecule has 1 aromatic carbocycles. The monoisotopic (exact) mass is 384 g/mol. The fourth-order valence-corrected chi connectivity index (χ4v) is 4.27. The largest absolute Gasteiger partial charge is 0.488 e. The fraction of sp³-hybridized carbons (Fsp3) is 0.421. The van der Waals surface area contributed by atoms with Gasteiger partial charge in [0.1, 0.15) is 11.9 Å². The minimum Gasteiger partial charge on any atom is -0.488 e. The summed E-state index contributed by atoms with van der Waals surface area (Å²) in [7, 11) is 0. The summed E-state index contributed by atoms with van der Waals surface area (Å²) >= 11 is 1.58. The molecule has 0 unspecified atom stereocenters. The maximum absolute atomic E-state index is 12.6. The number of thioether (sulfide) groups is 1. The molecule has 27 heavy (non-hydrogen) atoms. The molecular formula is C19H20N4O3S. The van der Waals surface area contributed by atoms with E-state index in [0.29, 0.717) is 37.4 Å². The molecule has 7 nitrogen and oxygen atoms in total. The van der Waals surface area contributed by atoms with Gasteiger partial charge in [-0.25, -0.2) is 0 Å². The molecule has 0 aromatic heterocycles. The van der Waals surface area contributed by atoms with Gasteiger partial charge < -0.3 is 19.7 Å². The van der Waals surface area contributed by atoms with Crippen molar-refractivity contribution in [1.82, 2.24) is 10.2 Å². The summed E-state index contributed by atoms with van der Waals surface area (Å²) in [5.74, 6) is 0.645. The van der Waals surface area contributed by atoms with E-state index in [0.717, 1.165) is 24.0 Å². The Hall–Kier alpha value is -2.50. The van der Waals surface area contributed by atoms with Crippen LogP contribution in [0.15, 0.2) is 40.4 Å². The molecule has 0 saturated carbocycles. The van der Waals surface area contributed by atoms with Crippen molar-refractivity contribution < 1.29 is 14.3 Å². The number of amidine groups is 1. The van der Waals surface area contributed by atoms with Crippen LogP contribution in [0.3, 0.4) is 0 Å². The van der Waals surface area contributed by atoms with Crippen molar-refractivity contribution in [3.63, 3.8) is 0 Å². The molecule has 0 radical (unpaired) electrons. The number of ether oxygens (including phenoxy) is 2. The number of hydrogen-bond acceptors (Lipinski definition) is 7. The summed E-state index contributed by atoms with van der Waals surface area (Å²) < 4.78 is 11.6. The van der Waals surface area contributed by atoms with Gasteiger partial charge in [-0.1, -0.05) is 11.8 Å². The van der Waals surface area contributed by atoms with Gasteiger partial charge in [-0.2, -0.15) is 5.26 Å². The number of nitriles is 1. The van der Waals surface area contributed by atoms with Crippen LogP contribution in [0.5, 0.6) is 5.75 Å². The molecule has 0 aliphatic carbocycles. The molecule has 1 saturated heterocycles. The van der Waals surface area contributed by atoms with E-state index in [1.54, 1.807) is 36.0 Å². The summed E-state index contributed by atoms with van der Waals surface area (Å²) in [6, 6.07) is 8.89. The summed E-state index contributed by atoms with van der Waals surface area (Å²) in [4.78, 5) is 19.1. The Morgan fingerprint density at radius 2 is 2.30 bits per heavy atom. The van der Waals surface area contributed by atoms with E-state index in [4.69, 9.17) is 14.7 Å². The lowest BCUT2D eigenvalue weighted by atomic mass is 10.1. The van der Waals surface area contributed by atoms with Gasteiger partial charge >= 0.3 is 0 Å². The van der Waals surface area contributed by atoms with Gasteiger partial charge in [0.05, 0.1) is 43.9 Å². The molecule has 3 heterocycles. The topological polar surface area (TPSA) is 86.9 Å². The van der Waals surface area contributed by atoms with Crippen molar-refractivity contribution in [2.45, 2.75) is 25.0 Å². The predicted molar refractivity (Wildman–Crippen MR) is 102 cm³/mol. The van der Waals surface area contributed by atoms with Crippen LogP contribution in [0.1, 0.15) is 18.4 Å². The molecule has 2 atom stereocenters. The lowest BCUT2D eigenvalue weighted by Gasteiger charge is -2.32. The first-order valence-corrected chi connectivity index (χ1v) is 9.82. The number of hydrogen-bond donors (Lipinski definition) is 1. The predicted octanol–water partition coefficient (Wildman–Crippen LogP) is 1.86. The maximum Gasteiger partial charge on any atom is 0.226 e. The highest BCUT2D eigenvalue weighted by atomic mass is 32.2. The number of aliphatic imine (C=N–C) groups is 1. The highest BCUT2D eigenvalue weighted by molar-refractivity contribution is 8.16. The van der Waals surface area contributed by atoms with Crippen molar-refractivity contribution in [2.24, 2.45) is 4.99 Å². The number of carbonyl (C=O) groups is 1. The minimum absolute atomic E-state index is 0.0427. The van der Waals surface area contributed by atoms with E-state index in [1.807, 2.05) is 5.41 Å². The molecule has 3 aliphatic heterocycles. The third-order valence-corrected chi connectivity index (χ3v) is 5.65. The molecule has 1 N–H and O–H groups in total. The minimum atomic E-state index is -0.205. The van der Waals surface area contributed by atoms with Crippen LogP contribution in [-0.4, -0.2) is 54.4 Å². The Kier molecular flexibility index (Phi) is 5.32. The van der Waals surface area contributed by atoms with Crippen molar-refractivity contribution in [3.8, 4) is 11.8 Å². The van der Waals surface area contributed by atoms with Gasteiger partial charge in [-0.15, -0.1) is 0 Å². The number of benzene rings is 1. The van der Waals surface area contributed by atoms with Crippen LogP contribution in [0, 0.1) is 11.3 Å². The Balaban J connectivity index is 1.35. The Labute approximate surface area is 162 Å². The zero-order chi connectivity index (χ0) is 18.6. The summed E-state index contributed by atoms with van der Waals surface area (Å²) in [6.07, 6.45) is 0.866. The first kappa shape index (κ1) is 17.9. The van der Waals surface area contributed by atoms with E-state index in [9.17, 15) is 4.79 Å². The van der Waals surface area contributed by atoms with Gasteiger partial charge in [0.2, 0.25) is 5.91 Å². The van der Waals surface area contributed by atoms with Crippen molar-refractivity contribution in [1.29, 1.82) is 5.26 Å². The zero-order valence-electron chi connectivity index (χ0n) is 14.8. The van der Waals surface area contributed by atoms with Crippen LogP contribution in [0.2, 0.25) is 0 Å². The maximum atomic E-state index is 12.6. The molecule has 1 fully saturated rings. The first-order chi connectivity index (χ1) is 13.2. The van der Waals surface area contributed by atoms with Crippen LogP contribution >= 0.6 is 11.8 Å². The highest BCUT2D eigenvalue weighted by Gasteiger charge is 2.31. The number of rotatable bonds is 5. The number of nitrogens with zero attached hydrogens (tertiary/aromatic N) is 3. The number of nitrogens with one attached hydrogen (secondary N) is 1. The molecule has 0 bridgehead atoms. The second-order valence-electron chi connectivity index (χ2n) is 6.55. The molecule has 8 heteroatoms. The van der Waals surface area contributed by atoms with Gasteiger partial charge in [0, 0.05) is 18.7 Å². The van der Waals surface area contributed by atoms with Gasteiger partial charge in [0.25, 0.3) is 0 Å². The summed E-state index contributed by atoms with van der Waals surface area (Å²) in [6.45, 7) is 2.66. The molecular weight excluding hydrogens is 364 g/mol. The number of fused-ring (bicyclic) bond motifs is 1. The van der Waals surface area contributed by atoms with Crippen molar-refractivity contribution in [3.05, 3.63) is 40.9 Å². The molecule has 140 valence electrons. The van der Waals surface area contributed by atoms with Crippen molar-refractivity contribution in [2.75, 3.05) is 26.3 Å². The second-order valence-corrected chi connectivity index (χ2v) is 7.39. The molecule has 1 amide bonds. The van der Waals surface area contributed by atoms with E-state index in [1.165, 1.54) is 0 Å². The third-order valence-electron chi connectivity index (χ3n) is 4.70. The van der Waals surface area contributed by atoms with E-state index in [2.05, 4.69) is 21.3 Å². The van der Waals surface area contributed by atoms with Crippen LogP contribution in [-0.2, 0) is 9.53 Å². The van der Waals surface area contributed by atoms with E-state index in [-0.39, 0.29) is 18.1 Å². The fourth-order valence-electron chi connectivity index (χ4n) is 3.31. The van der Waals surface area contributed by atoms with Gasteiger partial charge in [0.15, 0.2) is 5.17 Å². The number of carbonyl (C=O) groups excluding carboxylic acids is 1. The van der Waals surface area contributed by atoms with Gasteiger partial charge in [-0.05, 0) is 29.7 Å². The Morgan fingerprint density at radius 3 is 3.11 bits per heavy atom. The van der Waals surface area contributed by atoms with Crippen LogP contribution in [0.25, 0.3) is 0 Å². The van der Waals surface area contributed by atoms with Gasteiger partial charge in [-0.3, -0.25) is 9.79 Å². The standard InChI is InChI=1S/C19H20N4O3S/c20-10-13-1-3-15(4-2-13)26-17-5-8-25-11-16(17)22-18(24)9-14-12-27-19-21-6-7-23(14)19/h1-4,12,16-17H,5-9,11H2,(H,22,24)/t16-,17-/m1/s1. The Bertz CT molecular complexity index is 815. The first-order valence-electron chi connectivity index (χ1n) is 8.94. The highest BCUT2D eigenvalue weighted by Crippen LogP contribution is 2.30. The zero-order valence-corrected chi connectivity index (χ0v) is 15.6. The average molecular weight is 384 g/mol. The molecule has 4 rings (SSSR count). The summed E-state index contributed by atoms with van der Waals surface area (Å²) in [5, 5.41) is 14.9. The third kappa shape index (κ3) is 4.10. The number of amides is 1.